The van der Waals surface area contributed by atoms with Crippen LogP contribution in [-0.4, -0.2) is 10.9 Å². The summed E-state index contributed by atoms with van der Waals surface area (Å²) in [6.45, 7) is 0. The Hall–Kier alpha value is -2.85. The Bertz CT molecular complexity index is 805. The number of nitrogens with zero attached hydrogens (tertiary/aromatic N) is 1. The number of anilines is 1. The number of pyridine rings is 1. The number of halogens is 1. The SMILES string of the molecule is O=C(Nc1cccnc1Cl)c1ccc(Oc2ccccc2)cc1. The lowest BCUT2D eigenvalue weighted by Gasteiger charge is -2.08. The molecule has 0 aliphatic carbocycles. The normalized spacial score (nSPS) is 10.1. The van der Waals surface area contributed by atoms with Gasteiger partial charge in [0.05, 0.1) is 5.69 Å². The molecule has 0 saturated carbocycles. The first kappa shape index (κ1) is 15.1. The smallest absolute Gasteiger partial charge is 0.255 e. The van der Waals surface area contributed by atoms with Gasteiger partial charge in [-0.25, -0.2) is 4.98 Å². The van der Waals surface area contributed by atoms with Gasteiger partial charge in [0.1, 0.15) is 11.5 Å². The molecule has 0 radical (unpaired) electrons. The van der Waals surface area contributed by atoms with E-state index in [0.717, 1.165) is 5.75 Å². The molecule has 0 atom stereocenters. The zero-order valence-electron chi connectivity index (χ0n) is 12.1. The third-order valence-corrected chi connectivity index (χ3v) is 3.40. The molecule has 0 spiro atoms. The Labute approximate surface area is 138 Å². The highest BCUT2D eigenvalue weighted by Crippen LogP contribution is 2.22. The number of ether oxygens (including phenoxy) is 1. The first-order chi connectivity index (χ1) is 11.2. The molecule has 3 rings (SSSR count). The molecular formula is C18H13ClN2O2. The Morgan fingerprint density at radius 3 is 2.30 bits per heavy atom. The van der Waals surface area contributed by atoms with E-state index in [1.165, 1.54) is 0 Å². The third-order valence-electron chi connectivity index (χ3n) is 3.10. The summed E-state index contributed by atoms with van der Waals surface area (Å²) in [7, 11) is 0. The maximum atomic E-state index is 12.2. The first-order valence-corrected chi connectivity index (χ1v) is 7.35. The lowest BCUT2D eigenvalue weighted by atomic mass is 10.2. The Kier molecular flexibility index (Phi) is 4.54. The molecule has 23 heavy (non-hydrogen) atoms. The molecular weight excluding hydrogens is 312 g/mol. The number of nitrogens with one attached hydrogen (secondary N) is 1. The summed E-state index contributed by atoms with van der Waals surface area (Å²) < 4.78 is 5.69. The molecule has 1 aromatic heterocycles. The number of hydrogen-bond acceptors (Lipinski definition) is 3. The molecule has 0 fully saturated rings. The third kappa shape index (κ3) is 3.87. The molecule has 1 N–H and O–H groups in total. The fourth-order valence-electron chi connectivity index (χ4n) is 1.97. The summed E-state index contributed by atoms with van der Waals surface area (Å²) in [5.41, 5.74) is 0.981. The molecule has 0 saturated heterocycles. The van der Waals surface area contributed by atoms with Crippen molar-refractivity contribution in [3.8, 4) is 11.5 Å². The standard InChI is InChI=1S/C18H13ClN2O2/c19-17-16(7-4-12-20-17)21-18(22)13-8-10-15(11-9-13)23-14-5-2-1-3-6-14/h1-12H,(H,21,22). The highest BCUT2D eigenvalue weighted by Gasteiger charge is 2.09. The topological polar surface area (TPSA) is 51.2 Å². The molecule has 0 unspecified atom stereocenters. The van der Waals surface area contributed by atoms with Crippen LogP contribution in [0.2, 0.25) is 5.15 Å². The van der Waals surface area contributed by atoms with Crippen LogP contribution < -0.4 is 10.1 Å². The van der Waals surface area contributed by atoms with E-state index in [9.17, 15) is 4.79 Å². The van der Waals surface area contributed by atoms with Gasteiger partial charge in [-0.3, -0.25) is 4.79 Å². The maximum Gasteiger partial charge on any atom is 0.255 e. The van der Waals surface area contributed by atoms with Crippen molar-refractivity contribution in [3.63, 3.8) is 0 Å². The second-order valence-electron chi connectivity index (χ2n) is 4.74. The van der Waals surface area contributed by atoms with Crippen molar-refractivity contribution in [1.82, 2.24) is 4.98 Å². The van der Waals surface area contributed by atoms with Crippen LogP contribution in [0.1, 0.15) is 10.4 Å². The van der Waals surface area contributed by atoms with Crippen LogP contribution in [0.3, 0.4) is 0 Å². The minimum Gasteiger partial charge on any atom is -0.457 e. The summed E-state index contributed by atoms with van der Waals surface area (Å²) in [4.78, 5) is 16.1. The number of para-hydroxylation sites is 1. The van der Waals surface area contributed by atoms with Crippen LogP contribution in [0, 0.1) is 0 Å². The minimum absolute atomic E-state index is 0.255. The molecule has 4 nitrogen and oxygen atoms in total. The fourth-order valence-corrected chi connectivity index (χ4v) is 2.14. The number of rotatable bonds is 4. The van der Waals surface area contributed by atoms with Gasteiger partial charge in [0.25, 0.3) is 5.91 Å². The van der Waals surface area contributed by atoms with E-state index >= 15 is 0 Å². The average molecular weight is 325 g/mol. The van der Waals surface area contributed by atoms with Gasteiger partial charge in [-0.15, -0.1) is 0 Å². The van der Waals surface area contributed by atoms with E-state index < -0.39 is 0 Å². The van der Waals surface area contributed by atoms with E-state index in [1.54, 1.807) is 42.6 Å². The monoisotopic (exact) mass is 324 g/mol. The molecule has 3 aromatic rings. The number of benzene rings is 2. The van der Waals surface area contributed by atoms with Gasteiger partial charge in [0.2, 0.25) is 0 Å². The minimum atomic E-state index is -0.258. The molecule has 0 aliphatic heterocycles. The highest BCUT2D eigenvalue weighted by molar-refractivity contribution is 6.32. The van der Waals surface area contributed by atoms with Crippen molar-refractivity contribution in [3.05, 3.63) is 83.6 Å². The second-order valence-corrected chi connectivity index (χ2v) is 5.09. The van der Waals surface area contributed by atoms with Crippen LogP contribution in [0.15, 0.2) is 72.9 Å². The molecule has 2 aromatic carbocycles. The van der Waals surface area contributed by atoms with Crippen molar-refractivity contribution in [1.29, 1.82) is 0 Å². The molecule has 114 valence electrons. The van der Waals surface area contributed by atoms with Crippen LogP contribution in [0.4, 0.5) is 5.69 Å². The number of carbonyl (C=O) groups excluding carboxylic acids is 1. The predicted octanol–water partition coefficient (Wildman–Crippen LogP) is 4.78. The summed E-state index contributed by atoms with van der Waals surface area (Å²) in [5.74, 6) is 1.14. The van der Waals surface area contributed by atoms with Gasteiger partial charge in [-0.1, -0.05) is 29.8 Å². The summed E-state index contributed by atoms with van der Waals surface area (Å²) in [6, 6.07) is 19.7. The molecule has 1 heterocycles. The summed E-state index contributed by atoms with van der Waals surface area (Å²) in [6.07, 6.45) is 1.56. The molecule has 0 bridgehead atoms. The van der Waals surface area contributed by atoms with Gasteiger partial charge in [-0.05, 0) is 48.5 Å². The van der Waals surface area contributed by atoms with Crippen LogP contribution in [-0.2, 0) is 0 Å². The van der Waals surface area contributed by atoms with Crippen LogP contribution in [0.5, 0.6) is 11.5 Å². The van der Waals surface area contributed by atoms with Gasteiger partial charge >= 0.3 is 0 Å². The second kappa shape index (κ2) is 6.94. The number of aromatic nitrogens is 1. The largest absolute Gasteiger partial charge is 0.457 e. The fraction of sp³-hybridized carbons (Fsp3) is 0. The van der Waals surface area contributed by atoms with Gasteiger partial charge in [0.15, 0.2) is 5.15 Å². The zero-order chi connectivity index (χ0) is 16.1. The van der Waals surface area contributed by atoms with E-state index in [0.29, 0.717) is 17.0 Å². The van der Waals surface area contributed by atoms with Crippen LogP contribution >= 0.6 is 11.6 Å². The summed E-state index contributed by atoms with van der Waals surface area (Å²) in [5, 5.41) is 2.98. The quantitative estimate of drug-likeness (QED) is 0.703. The van der Waals surface area contributed by atoms with Crippen molar-refractivity contribution < 1.29 is 9.53 Å². The van der Waals surface area contributed by atoms with E-state index in [-0.39, 0.29) is 11.1 Å². The van der Waals surface area contributed by atoms with E-state index in [1.807, 2.05) is 30.3 Å². The number of hydrogen-bond donors (Lipinski definition) is 1. The molecule has 1 amide bonds. The molecule has 0 aliphatic rings. The van der Waals surface area contributed by atoms with Crippen molar-refractivity contribution in [2.24, 2.45) is 0 Å². The lowest BCUT2D eigenvalue weighted by Crippen LogP contribution is -2.12. The number of carbonyl (C=O) groups is 1. The zero-order valence-corrected chi connectivity index (χ0v) is 12.8. The first-order valence-electron chi connectivity index (χ1n) is 6.97. The van der Waals surface area contributed by atoms with E-state index in [2.05, 4.69) is 10.3 Å². The number of amides is 1. The highest BCUT2D eigenvalue weighted by atomic mass is 35.5. The van der Waals surface area contributed by atoms with Crippen molar-refractivity contribution in [2.75, 3.05) is 5.32 Å². The van der Waals surface area contributed by atoms with Gasteiger partial charge < -0.3 is 10.1 Å². The van der Waals surface area contributed by atoms with Crippen molar-refractivity contribution in [2.45, 2.75) is 0 Å². The maximum absolute atomic E-state index is 12.2. The van der Waals surface area contributed by atoms with Gasteiger partial charge in [0, 0.05) is 11.8 Å². The predicted molar refractivity (Wildman–Crippen MR) is 90.2 cm³/mol. The Morgan fingerprint density at radius 2 is 1.61 bits per heavy atom. The molecule has 5 heteroatoms. The summed E-state index contributed by atoms with van der Waals surface area (Å²) >= 11 is 5.93. The average Bonchev–Trinajstić information content (AvgIpc) is 2.58. The van der Waals surface area contributed by atoms with E-state index in [4.69, 9.17) is 16.3 Å². The Balaban J connectivity index is 1.69. The Morgan fingerprint density at radius 1 is 0.913 bits per heavy atom. The lowest BCUT2D eigenvalue weighted by molar-refractivity contribution is 0.102. The van der Waals surface area contributed by atoms with Crippen LogP contribution in [0.25, 0.3) is 0 Å². The van der Waals surface area contributed by atoms with Crippen molar-refractivity contribution >= 4 is 23.2 Å². The van der Waals surface area contributed by atoms with Gasteiger partial charge in [-0.2, -0.15) is 0 Å².